The van der Waals surface area contributed by atoms with Gasteiger partial charge in [-0.1, -0.05) is 36.7 Å². The van der Waals surface area contributed by atoms with Crippen LogP contribution in [0.2, 0.25) is 5.02 Å². The van der Waals surface area contributed by atoms with Gasteiger partial charge in [0, 0.05) is 18.7 Å². The normalized spacial score (nSPS) is 21.4. The molecule has 4 heteroatoms. The van der Waals surface area contributed by atoms with E-state index in [0.717, 1.165) is 29.4 Å². The Hall–Kier alpha value is -0.800. The van der Waals surface area contributed by atoms with Crippen molar-refractivity contribution in [2.45, 2.75) is 38.5 Å². The Morgan fingerprint density at radius 1 is 1.15 bits per heavy atom. The lowest BCUT2D eigenvalue weighted by atomic mass is 9.77. The second-order valence-corrected chi connectivity index (χ2v) is 7.07. The van der Waals surface area contributed by atoms with Gasteiger partial charge in [0.15, 0.2) is 0 Å². The Labute approximate surface area is 131 Å². The minimum absolute atomic E-state index is 0.405. The van der Waals surface area contributed by atoms with E-state index >= 15 is 0 Å². The lowest BCUT2D eigenvalue weighted by Gasteiger charge is -2.40. The molecule has 1 spiro atoms. The van der Waals surface area contributed by atoms with Gasteiger partial charge in [-0.25, -0.2) is 0 Å². The van der Waals surface area contributed by atoms with E-state index < -0.39 is 0 Å². The summed E-state index contributed by atoms with van der Waals surface area (Å²) < 4.78 is 0. The predicted molar refractivity (Wildman–Crippen MR) is 89.7 cm³/mol. The summed E-state index contributed by atoms with van der Waals surface area (Å²) in [6.45, 7) is 2.23. The highest BCUT2D eigenvalue weighted by Crippen LogP contribution is 2.47. The summed E-state index contributed by atoms with van der Waals surface area (Å²) in [6, 6.07) is 5.92. The molecule has 1 saturated heterocycles. The molecule has 1 aromatic carbocycles. The molecule has 2 N–H and O–H groups in total. The van der Waals surface area contributed by atoms with Crippen LogP contribution < -0.4 is 10.6 Å². The van der Waals surface area contributed by atoms with E-state index in [0.29, 0.717) is 10.4 Å². The van der Waals surface area contributed by atoms with Crippen LogP contribution in [0, 0.1) is 5.41 Å². The first-order valence-electron chi connectivity index (χ1n) is 7.44. The topological polar surface area (TPSA) is 29.3 Å². The molecule has 2 nitrogen and oxygen atoms in total. The third-order valence-electron chi connectivity index (χ3n) is 5.06. The quantitative estimate of drug-likeness (QED) is 0.833. The molecular weight excluding hydrogens is 288 g/mol. The van der Waals surface area contributed by atoms with E-state index in [1.807, 2.05) is 12.1 Å². The molecule has 3 rings (SSSR count). The molecule has 0 aromatic heterocycles. The lowest BCUT2D eigenvalue weighted by Crippen LogP contribution is -2.39. The molecule has 0 unspecified atom stereocenters. The fourth-order valence-corrected chi connectivity index (χ4v) is 4.19. The summed E-state index contributed by atoms with van der Waals surface area (Å²) in [6.07, 6.45) is 8.30. The highest BCUT2D eigenvalue weighted by molar-refractivity contribution is 7.80. The molecule has 2 aliphatic rings. The number of nitrogens with two attached hydrogens (primary N) is 1. The van der Waals surface area contributed by atoms with Crippen LogP contribution in [0.4, 0.5) is 5.69 Å². The first-order chi connectivity index (χ1) is 9.60. The van der Waals surface area contributed by atoms with Crippen LogP contribution in [-0.2, 0) is 0 Å². The summed E-state index contributed by atoms with van der Waals surface area (Å²) in [5.74, 6) is 0. The number of anilines is 1. The fourth-order valence-electron chi connectivity index (χ4n) is 3.76. The van der Waals surface area contributed by atoms with Gasteiger partial charge in [0.05, 0.1) is 10.7 Å². The number of rotatable bonds is 2. The van der Waals surface area contributed by atoms with Crippen molar-refractivity contribution in [3.63, 3.8) is 0 Å². The number of thiocarbonyl (C=S) groups is 1. The second kappa shape index (κ2) is 5.53. The van der Waals surface area contributed by atoms with E-state index in [2.05, 4.69) is 11.0 Å². The van der Waals surface area contributed by atoms with Gasteiger partial charge >= 0.3 is 0 Å². The largest absolute Gasteiger partial charge is 0.389 e. The van der Waals surface area contributed by atoms with Crippen molar-refractivity contribution in [2.75, 3.05) is 18.0 Å². The van der Waals surface area contributed by atoms with Gasteiger partial charge in [0.1, 0.15) is 4.99 Å². The molecule has 0 radical (unpaired) electrons. The SMILES string of the molecule is NC(=S)c1ccc(N2CCC3(CCCC3)CC2)c(Cl)c1. The predicted octanol–water partition coefficient (Wildman–Crippen LogP) is 4.13. The van der Waals surface area contributed by atoms with E-state index in [1.54, 1.807) is 0 Å². The van der Waals surface area contributed by atoms with Gasteiger partial charge in [-0.15, -0.1) is 0 Å². The maximum absolute atomic E-state index is 6.40. The Balaban J connectivity index is 1.73. The molecule has 108 valence electrons. The number of hydrogen-bond acceptors (Lipinski definition) is 2. The van der Waals surface area contributed by atoms with E-state index in [9.17, 15) is 0 Å². The van der Waals surface area contributed by atoms with Gasteiger partial charge < -0.3 is 10.6 Å². The first-order valence-corrected chi connectivity index (χ1v) is 8.23. The standard InChI is InChI=1S/C16H21ClN2S/c17-13-11-12(15(18)20)3-4-14(13)19-9-7-16(8-10-19)5-1-2-6-16/h3-4,11H,1-2,5-10H2,(H2,18,20). The number of hydrogen-bond donors (Lipinski definition) is 1. The van der Waals surface area contributed by atoms with Crippen molar-refractivity contribution in [1.29, 1.82) is 0 Å². The zero-order chi connectivity index (χ0) is 14.2. The van der Waals surface area contributed by atoms with Gasteiger partial charge in [0.25, 0.3) is 0 Å². The van der Waals surface area contributed by atoms with Crippen molar-refractivity contribution in [3.05, 3.63) is 28.8 Å². The summed E-state index contributed by atoms with van der Waals surface area (Å²) in [5, 5.41) is 0.762. The molecule has 0 atom stereocenters. The molecular formula is C16H21ClN2S. The minimum Gasteiger partial charge on any atom is -0.389 e. The van der Waals surface area contributed by atoms with Crippen LogP contribution in [0.3, 0.4) is 0 Å². The number of halogens is 1. The summed E-state index contributed by atoms with van der Waals surface area (Å²) in [5.41, 5.74) is 8.26. The third-order valence-corrected chi connectivity index (χ3v) is 5.60. The molecule has 1 aliphatic carbocycles. The maximum atomic E-state index is 6.40. The number of benzene rings is 1. The maximum Gasteiger partial charge on any atom is 0.104 e. The van der Waals surface area contributed by atoms with E-state index in [4.69, 9.17) is 29.6 Å². The van der Waals surface area contributed by atoms with Crippen LogP contribution in [0.15, 0.2) is 18.2 Å². The molecule has 1 aromatic rings. The van der Waals surface area contributed by atoms with Crippen LogP contribution in [0.25, 0.3) is 0 Å². The van der Waals surface area contributed by atoms with Gasteiger partial charge in [-0.2, -0.15) is 0 Å². The zero-order valence-corrected chi connectivity index (χ0v) is 13.3. The van der Waals surface area contributed by atoms with Crippen molar-refractivity contribution in [3.8, 4) is 0 Å². The van der Waals surface area contributed by atoms with Crippen molar-refractivity contribution < 1.29 is 0 Å². The van der Waals surface area contributed by atoms with Crippen molar-refractivity contribution in [1.82, 2.24) is 0 Å². The van der Waals surface area contributed by atoms with Gasteiger partial charge in [0.2, 0.25) is 0 Å². The van der Waals surface area contributed by atoms with Gasteiger partial charge in [-0.05, 0) is 49.3 Å². The van der Waals surface area contributed by atoms with Crippen LogP contribution in [0.1, 0.15) is 44.1 Å². The molecule has 0 bridgehead atoms. The third kappa shape index (κ3) is 2.66. The number of nitrogens with zero attached hydrogens (tertiary/aromatic N) is 1. The Bertz CT molecular complexity index is 513. The van der Waals surface area contributed by atoms with Gasteiger partial charge in [-0.3, -0.25) is 0 Å². The minimum atomic E-state index is 0.405. The van der Waals surface area contributed by atoms with Crippen molar-refractivity contribution in [2.24, 2.45) is 11.1 Å². The van der Waals surface area contributed by atoms with E-state index in [1.165, 1.54) is 38.5 Å². The second-order valence-electron chi connectivity index (χ2n) is 6.22. The molecule has 0 amide bonds. The van der Waals surface area contributed by atoms with Crippen LogP contribution in [-0.4, -0.2) is 18.1 Å². The smallest absolute Gasteiger partial charge is 0.104 e. The average molecular weight is 309 g/mol. The van der Waals surface area contributed by atoms with Crippen LogP contribution in [0.5, 0.6) is 0 Å². The molecule has 1 heterocycles. The fraction of sp³-hybridized carbons (Fsp3) is 0.562. The first kappa shape index (κ1) is 14.2. The Kier molecular flexibility index (Phi) is 3.91. The monoisotopic (exact) mass is 308 g/mol. The molecule has 2 fully saturated rings. The van der Waals surface area contributed by atoms with E-state index in [-0.39, 0.29) is 0 Å². The van der Waals surface area contributed by atoms with Crippen LogP contribution >= 0.6 is 23.8 Å². The summed E-state index contributed by atoms with van der Waals surface area (Å²) >= 11 is 11.4. The Morgan fingerprint density at radius 3 is 2.35 bits per heavy atom. The summed E-state index contributed by atoms with van der Waals surface area (Å²) in [7, 11) is 0. The Morgan fingerprint density at radius 2 is 1.80 bits per heavy atom. The molecule has 20 heavy (non-hydrogen) atoms. The number of piperidine rings is 1. The molecule has 1 aliphatic heterocycles. The van der Waals surface area contributed by atoms with Crippen molar-refractivity contribution >= 4 is 34.5 Å². The lowest BCUT2D eigenvalue weighted by molar-refractivity contribution is 0.226. The molecule has 1 saturated carbocycles. The average Bonchev–Trinajstić information content (AvgIpc) is 2.88. The zero-order valence-electron chi connectivity index (χ0n) is 11.7. The summed E-state index contributed by atoms with van der Waals surface area (Å²) in [4.78, 5) is 2.82. The highest BCUT2D eigenvalue weighted by atomic mass is 35.5. The highest BCUT2D eigenvalue weighted by Gasteiger charge is 2.37.